The molecule has 0 radical (unpaired) electrons. The molecule has 0 fully saturated rings. The van der Waals surface area contributed by atoms with E-state index in [1.165, 1.54) is 70.6 Å². The smallest absolute Gasteiger partial charge is 0.393 e. The van der Waals surface area contributed by atoms with Crippen LogP contribution in [0.25, 0.3) is 0 Å². The highest BCUT2D eigenvalue weighted by Crippen LogP contribution is 2.43. The summed E-state index contributed by atoms with van der Waals surface area (Å²) in [6.45, 7) is 4.47. The molecule has 1 amide bonds. The Morgan fingerprint density at radius 1 is 0.673 bits per heavy atom. The van der Waals surface area contributed by atoms with E-state index in [1.54, 1.807) is 6.08 Å². The number of allylic oxidation sites excluding steroid dienone is 9. The molecule has 0 bridgehead atoms. The van der Waals surface area contributed by atoms with Crippen LogP contribution in [0.4, 0.5) is 0 Å². The number of aliphatic hydroxyl groups is 2. The molecular weight excluding hydrogens is 711 g/mol. The Morgan fingerprint density at radius 3 is 1.69 bits per heavy atom. The van der Waals surface area contributed by atoms with Crippen molar-refractivity contribution in [3.05, 3.63) is 60.8 Å². The van der Waals surface area contributed by atoms with Crippen LogP contribution >= 0.6 is 7.82 Å². The van der Waals surface area contributed by atoms with Crippen molar-refractivity contribution < 1.29 is 38.0 Å². The van der Waals surface area contributed by atoms with Crippen LogP contribution in [0.2, 0.25) is 0 Å². The van der Waals surface area contributed by atoms with Crippen molar-refractivity contribution in [3.63, 3.8) is 0 Å². The molecule has 0 heterocycles. The van der Waals surface area contributed by atoms with Gasteiger partial charge in [0.15, 0.2) is 0 Å². The topological polar surface area (TPSA) is 125 Å². The summed E-state index contributed by atoms with van der Waals surface area (Å²) < 4.78 is 23.5. The zero-order valence-electron chi connectivity index (χ0n) is 35.8. The highest BCUT2D eigenvalue weighted by atomic mass is 31.2. The predicted octanol–water partition coefficient (Wildman–Crippen LogP) is 10.8. The van der Waals surface area contributed by atoms with Gasteiger partial charge in [0.1, 0.15) is 13.2 Å². The molecule has 0 aromatic rings. The third kappa shape index (κ3) is 38.8. The van der Waals surface area contributed by atoms with Crippen molar-refractivity contribution in [1.82, 2.24) is 5.32 Å². The van der Waals surface area contributed by atoms with E-state index in [1.807, 2.05) is 34.1 Å². The Labute approximate surface area is 337 Å². The first-order valence-corrected chi connectivity index (χ1v) is 23.2. The van der Waals surface area contributed by atoms with Crippen LogP contribution in [0.5, 0.6) is 0 Å². The van der Waals surface area contributed by atoms with Gasteiger partial charge in [-0.15, -0.1) is 0 Å². The molecule has 0 spiro atoms. The molecule has 0 saturated heterocycles. The van der Waals surface area contributed by atoms with Crippen LogP contribution in [0.15, 0.2) is 60.8 Å². The Morgan fingerprint density at radius 2 is 1.16 bits per heavy atom. The number of amides is 1. The number of phosphoric ester groups is 1. The highest BCUT2D eigenvalue weighted by Gasteiger charge is 2.27. The monoisotopic (exact) mass is 796 g/mol. The van der Waals surface area contributed by atoms with Crippen molar-refractivity contribution in [2.24, 2.45) is 0 Å². The Balaban J connectivity index is 4.58. The lowest BCUT2D eigenvalue weighted by Crippen LogP contribution is -2.45. The Bertz CT molecular complexity index is 1100. The fourth-order valence-corrected chi connectivity index (χ4v) is 6.45. The van der Waals surface area contributed by atoms with Gasteiger partial charge in [-0.25, -0.2) is 4.57 Å². The van der Waals surface area contributed by atoms with E-state index in [0.29, 0.717) is 17.4 Å². The molecule has 0 aliphatic carbocycles. The zero-order chi connectivity index (χ0) is 40.9. The maximum absolute atomic E-state index is 12.8. The first-order chi connectivity index (χ1) is 26.4. The minimum Gasteiger partial charge on any atom is -0.393 e. The lowest BCUT2D eigenvalue weighted by Gasteiger charge is -2.25. The van der Waals surface area contributed by atoms with E-state index in [2.05, 4.69) is 60.8 Å². The number of phosphoric acid groups is 1. The largest absolute Gasteiger partial charge is 0.472 e. The summed E-state index contributed by atoms with van der Waals surface area (Å²) in [6, 6.07) is -0.886. The fourth-order valence-electron chi connectivity index (χ4n) is 5.72. The summed E-state index contributed by atoms with van der Waals surface area (Å²) in [5, 5.41) is 23.3. The van der Waals surface area contributed by atoms with Gasteiger partial charge in [-0.1, -0.05) is 152 Å². The lowest BCUT2D eigenvalue weighted by atomic mass is 10.0. The average Bonchev–Trinajstić information content (AvgIpc) is 3.13. The predicted molar refractivity (Wildman–Crippen MR) is 232 cm³/mol. The van der Waals surface area contributed by atoms with Crippen molar-refractivity contribution in [2.75, 3.05) is 40.9 Å². The Hall–Kier alpha value is -1.84. The molecule has 9 nitrogen and oxygen atoms in total. The van der Waals surface area contributed by atoms with E-state index >= 15 is 0 Å². The van der Waals surface area contributed by atoms with Gasteiger partial charge in [-0.05, 0) is 64.2 Å². The number of likely N-dealkylation sites (N-methyl/N-ethyl adjacent to an activating group) is 1. The van der Waals surface area contributed by atoms with E-state index in [9.17, 15) is 24.5 Å². The van der Waals surface area contributed by atoms with Crippen molar-refractivity contribution >= 4 is 13.7 Å². The number of aliphatic hydroxyl groups excluding tert-OH is 2. The van der Waals surface area contributed by atoms with Gasteiger partial charge in [0.05, 0.1) is 46.0 Å². The molecular formula is C45H84N2O7P+. The normalized spacial score (nSPS) is 15.6. The number of carbonyl (C=O) groups excluding carboxylic acids is 1. The second kappa shape index (κ2) is 36.5. The fraction of sp³-hybridized carbons (Fsp3) is 0.756. The standard InChI is InChI=1S/C45H83N2O7P/c1-6-8-9-10-11-12-13-14-15-19-22-25-28-31-34-37-44(49)43(41-54-55(51,52)53-40-39-47(3,4)5)46-45(50)38-35-32-29-26-23-20-17-16-18-21-24-27-30-33-36-42(48)7-2/h17-18,20-21,26-27,29-30,34,37,42-44,48-49H,6-16,19,22-25,28,31-33,35-36,38-41H2,1-5H3,(H-,46,50,51,52)/p+1/b20-17-,21-18-,29-26-,30-27-,37-34+/t42-,43+,44-/m1/s1. The number of nitrogens with one attached hydrogen (secondary N) is 1. The van der Waals surface area contributed by atoms with Crippen LogP contribution in [-0.4, -0.2) is 84.6 Å². The quantitative estimate of drug-likeness (QED) is 0.0212. The minimum atomic E-state index is -4.36. The average molecular weight is 796 g/mol. The maximum atomic E-state index is 12.8. The summed E-state index contributed by atoms with van der Waals surface area (Å²) >= 11 is 0. The SMILES string of the molecule is CCCCCCCCCCCCCCC/C=C/[C@@H](O)[C@H](COP(=O)(O)OCC[N+](C)(C)C)NC(=O)CCC/C=C\C/C=C\C/C=C\C/C=C\CC[C@H](O)CC. The van der Waals surface area contributed by atoms with Crippen molar-refractivity contribution in [3.8, 4) is 0 Å². The summed E-state index contributed by atoms with van der Waals surface area (Å²) in [6.07, 6.45) is 43.8. The first-order valence-electron chi connectivity index (χ1n) is 21.7. The van der Waals surface area contributed by atoms with Gasteiger partial charge < -0.3 is 24.9 Å². The minimum absolute atomic E-state index is 0.0426. The lowest BCUT2D eigenvalue weighted by molar-refractivity contribution is -0.870. The third-order valence-corrected chi connectivity index (χ3v) is 10.4. The van der Waals surface area contributed by atoms with E-state index < -0.39 is 20.0 Å². The van der Waals surface area contributed by atoms with Crippen LogP contribution < -0.4 is 5.32 Å². The number of quaternary nitrogens is 1. The van der Waals surface area contributed by atoms with Gasteiger partial charge >= 0.3 is 7.82 Å². The number of nitrogens with zero attached hydrogens (tertiary/aromatic N) is 1. The van der Waals surface area contributed by atoms with Crippen LogP contribution in [0, 0.1) is 0 Å². The highest BCUT2D eigenvalue weighted by molar-refractivity contribution is 7.47. The number of hydrogen-bond donors (Lipinski definition) is 4. The second-order valence-electron chi connectivity index (χ2n) is 15.9. The molecule has 320 valence electrons. The molecule has 4 N–H and O–H groups in total. The summed E-state index contributed by atoms with van der Waals surface area (Å²) in [4.78, 5) is 23.1. The molecule has 10 heteroatoms. The molecule has 0 aliphatic heterocycles. The second-order valence-corrected chi connectivity index (χ2v) is 17.3. The van der Waals surface area contributed by atoms with Crippen LogP contribution in [0.1, 0.15) is 162 Å². The molecule has 0 aromatic heterocycles. The third-order valence-electron chi connectivity index (χ3n) is 9.40. The molecule has 1 unspecified atom stereocenters. The van der Waals surface area contributed by atoms with Crippen molar-refractivity contribution in [2.45, 2.75) is 180 Å². The maximum Gasteiger partial charge on any atom is 0.472 e. The molecule has 0 rings (SSSR count). The Kier molecular flexibility index (Phi) is 35.3. The van der Waals surface area contributed by atoms with Gasteiger partial charge in [0.25, 0.3) is 0 Å². The number of hydrogen-bond acceptors (Lipinski definition) is 6. The number of unbranched alkanes of at least 4 members (excludes halogenated alkanes) is 14. The molecule has 0 aromatic carbocycles. The van der Waals surface area contributed by atoms with Gasteiger partial charge in [-0.3, -0.25) is 13.8 Å². The van der Waals surface area contributed by atoms with Gasteiger partial charge in [0.2, 0.25) is 5.91 Å². The van der Waals surface area contributed by atoms with Crippen LogP contribution in [0.3, 0.4) is 0 Å². The van der Waals surface area contributed by atoms with Crippen LogP contribution in [-0.2, 0) is 18.4 Å². The summed E-state index contributed by atoms with van der Waals surface area (Å²) in [5.74, 6) is -0.246. The zero-order valence-corrected chi connectivity index (χ0v) is 36.7. The van der Waals surface area contributed by atoms with E-state index in [4.69, 9.17) is 9.05 Å². The number of carbonyl (C=O) groups is 1. The molecule has 0 saturated carbocycles. The summed E-state index contributed by atoms with van der Waals surface area (Å²) in [7, 11) is 1.51. The van der Waals surface area contributed by atoms with Gasteiger partial charge in [0, 0.05) is 6.42 Å². The molecule has 55 heavy (non-hydrogen) atoms. The van der Waals surface area contributed by atoms with E-state index in [-0.39, 0.29) is 31.6 Å². The molecule has 0 aliphatic rings. The number of rotatable bonds is 38. The summed E-state index contributed by atoms with van der Waals surface area (Å²) in [5.41, 5.74) is 0. The molecule has 4 atom stereocenters. The van der Waals surface area contributed by atoms with Gasteiger partial charge in [-0.2, -0.15) is 0 Å². The van der Waals surface area contributed by atoms with Crippen molar-refractivity contribution in [1.29, 1.82) is 0 Å². The first kappa shape index (κ1) is 53.2. The van der Waals surface area contributed by atoms with E-state index in [0.717, 1.165) is 64.2 Å².